The van der Waals surface area contributed by atoms with Gasteiger partial charge < -0.3 is 14.9 Å². The molecule has 160 valence electrons. The van der Waals surface area contributed by atoms with Crippen molar-refractivity contribution in [3.8, 4) is 0 Å². The zero-order valence-electron chi connectivity index (χ0n) is 18.0. The summed E-state index contributed by atoms with van der Waals surface area (Å²) in [5.74, 6) is -1.81. The van der Waals surface area contributed by atoms with E-state index in [1.807, 2.05) is 20.8 Å². The van der Waals surface area contributed by atoms with Gasteiger partial charge >= 0.3 is 13.7 Å². The van der Waals surface area contributed by atoms with E-state index < -0.39 is 30.5 Å². The maximum atomic E-state index is 12.7. The zero-order chi connectivity index (χ0) is 21.9. The van der Waals surface area contributed by atoms with Crippen molar-refractivity contribution in [1.82, 2.24) is 5.09 Å². The Kier molecular flexibility index (Phi) is 8.33. The highest BCUT2D eigenvalue weighted by atomic mass is 31.2. The number of amides is 1. The van der Waals surface area contributed by atoms with E-state index in [-0.39, 0.29) is 17.3 Å². The highest BCUT2D eigenvalue weighted by molar-refractivity contribution is 7.50. The third-order valence-corrected chi connectivity index (χ3v) is 5.16. The molecule has 0 aliphatic rings. The molecule has 1 amide bonds. The summed E-state index contributed by atoms with van der Waals surface area (Å²) in [5, 5.41) is 11.6. The minimum absolute atomic E-state index is 0.00256. The molecule has 0 fully saturated rings. The van der Waals surface area contributed by atoms with Crippen LogP contribution in [0.5, 0.6) is 0 Å². The average molecular weight is 407 g/mol. The first-order valence-corrected chi connectivity index (χ1v) is 10.9. The molecule has 0 aliphatic heterocycles. The first-order valence-electron chi connectivity index (χ1n) is 9.31. The second kappa shape index (κ2) is 8.62. The molecule has 2 atom stereocenters. The summed E-state index contributed by atoms with van der Waals surface area (Å²) in [4.78, 5) is 43.1. The topological polar surface area (TPSA) is 124 Å². The van der Waals surface area contributed by atoms with Gasteiger partial charge in [0.1, 0.15) is 0 Å². The molecular weight excluding hydrogens is 369 g/mol. The fourth-order valence-electron chi connectivity index (χ4n) is 3.80. The second-order valence-electron chi connectivity index (χ2n) is 10.7. The molecule has 0 aliphatic carbocycles. The van der Waals surface area contributed by atoms with Gasteiger partial charge in [0.25, 0.3) is 0 Å². The van der Waals surface area contributed by atoms with Gasteiger partial charge in [0, 0.05) is 5.41 Å². The van der Waals surface area contributed by atoms with E-state index in [9.17, 15) is 19.3 Å². The summed E-state index contributed by atoms with van der Waals surface area (Å²) in [6.07, 6.45) is 2.16. The molecule has 8 heteroatoms. The fourth-order valence-corrected chi connectivity index (χ4v) is 4.34. The minimum Gasteiger partial charge on any atom is -0.481 e. The van der Waals surface area contributed by atoms with Gasteiger partial charge in [-0.05, 0) is 43.4 Å². The van der Waals surface area contributed by atoms with Gasteiger partial charge in [0.05, 0.1) is 5.41 Å². The van der Waals surface area contributed by atoms with Crippen LogP contribution in [0.2, 0.25) is 0 Å². The van der Waals surface area contributed by atoms with E-state index in [4.69, 9.17) is 9.79 Å². The van der Waals surface area contributed by atoms with Crippen LogP contribution in [0.15, 0.2) is 0 Å². The number of nitrogens with one attached hydrogen (secondary N) is 1. The number of hydrogen-bond donors (Lipinski definition) is 4. The van der Waals surface area contributed by atoms with Crippen LogP contribution in [0.3, 0.4) is 0 Å². The monoisotopic (exact) mass is 407 g/mol. The molecule has 2 unspecified atom stereocenters. The molecule has 0 aromatic heterocycles. The van der Waals surface area contributed by atoms with Gasteiger partial charge in [-0.15, -0.1) is 0 Å². The van der Waals surface area contributed by atoms with Gasteiger partial charge in [-0.3, -0.25) is 14.7 Å². The van der Waals surface area contributed by atoms with Crippen LogP contribution < -0.4 is 5.09 Å². The first-order chi connectivity index (χ1) is 11.7. The molecule has 0 saturated carbocycles. The van der Waals surface area contributed by atoms with E-state index in [0.29, 0.717) is 19.3 Å². The number of carboxylic acid groups (broad SMARTS) is 1. The highest BCUT2D eigenvalue weighted by Crippen LogP contribution is 2.46. The van der Waals surface area contributed by atoms with Crippen molar-refractivity contribution in [3.63, 3.8) is 0 Å². The Balaban J connectivity index is 5.76. The molecule has 0 saturated heterocycles. The van der Waals surface area contributed by atoms with Crippen LogP contribution in [-0.4, -0.2) is 26.8 Å². The lowest BCUT2D eigenvalue weighted by atomic mass is 9.64. The number of rotatable bonds is 9. The quantitative estimate of drug-likeness (QED) is 0.422. The van der Waals surface area contributed by atoms with Gasteiger partial charge in [-0.25, -0.2) is 4.57 Å². The van der Waals surface area contributed by atoms with Gasteiger partial charge in [0.15, 0.2) is 0 Å². The molecule has 0 bridgehead atoms. The van der Waals surface area contributed by atoms with Crippen LogP contribution in [0.4, 0.5) is 0 Å². The largest absolute Gasteiger partial charge is 0.481 e. The minimum atomic E-state index is -4.76. The smallest absolute Gasteiger partial charge is 0.429 e. The summed E-state index contributed by atoms with van der Waals surface area (Å²) >= 11 is 0. The van der Waals surface area contributed by atoms with Crippen molar-refractivity contribution < 1.29 is 29.0 Å². The fraction of sp³-hybridized carbons (Fsp3) is 0.895. The van der Waals surface area contributed by atoms with Crippen molar-refractivity contribution in [1.29, 1.82) is 0 Å². The molecule has 0 radical (unpaired) electrons. The van der Waals surface area contributed by atoms with Gasteiger partial charge in [-0.2, -0.15) is 0 Å². The summed E-state index contributed by atoms with van der Waals surface area (Å²) in [6.45, 7) is 15.2. The Morgan fingerprint density at radius 1 is 0.815 bits per heavy atom. The number of carbonyl (C=O) groups excluding carboxylic acids is 1. The molecule has 27 heavy (non-hydrogen) atoms. The second-order valence-corrected chi connectivity index (χ2v) is 12.1. The zero-order valence-corrected chi connectivity index (χ0v) is 18.9. The van der Waals surface area contributed by atoms with Gasteiger partial charge in [-0.1, -0.05) is 54.9 Å². The number of carboxylic acids is 1. The van der Waals surface area contributed by atoms with Crippen molar-refractivity contribution in [2.75, 3.05) is 0 Å². The maximum absolute atomic E-state index is 12.7. The van der Waals surface area contributed by atoms with Crippen LogP contribution in [0.1, 0.15) is 87.5 Å². The van der Waals surface area contributed by atoms with E-state index >= 15 is 0 Å². The van der Waals surface area contributed by atoms with Crippen LogP contribution in [-0.2, 0) is 14.2 Å². The van der Waals surface area contributed by atoms with Crippen molar-refractivity contribution in [2.24, 2.45) is 21.7 Å². The third-order valence-electron chi connectivity index (χ3n) is 4.67. The molecule has 0 heterocycles. The Morgan fingerprint density at radius 3 is 1.63 bits per heavy atom. The third kappa shape index (κ3) is 10.3. The summed E-state index contributed by atoms with van der Waals surface area (Å²) < 4.78 is 11.3. The Labute approximate surface area is 163 Å². The lowest BCUT2D eigenvalue weighted by Crippen LogP contribution is -2.44. The van der Waals surface area contributed by atoms with E-state index in [1.54, 1.807) is 18.9 Å². The van der Waals surface area contributed by atoms with E-state index in [1.165, 1.54) is 0 Å². The number of aliphatic carboxylic acids is 1. The molecule has 0 spiro atoms. The van der Waals surface area contributed by atoms with Crippen molar-refractivity contribution in [2.45, 2.75) is 87.5 Å². The predicted octanol–water partition coefficient (Wildman–Crippen LogP) is 4.34. The molecule has 4 N–H and O–H groups in total. The van der Waals surface area contributed by atoms with E-state index in [0.717, 1.165) is 6.42 Å². The molecule has 0 aromatic carbocycles. The summed E-state index contributed by atoms with van der Waals surface area (Å²) in [5.41, 5.74) is -2.63. The molecule has 0 rings (SSSR count). The predicted molar refractivity (Wildman–Crippen MR) is 106 cm³/mol. The molecule has 0 aromatic rings. The Morgan fingerprint density at radius 2 is 1.30 bits per heavy atom. The SMILES string of the molecule is CC(C)(C)CCCC(C)(CC(C)(CC(C)(C)C)C(=O)O)C(=O)NP(=O)(O)O. The van der Waals surface area contributed by atoms with E-state index in [2.05, 4.69) is 20.8 Å². The highest BCUT2D eigenvalue weighted by Gasteiger charge is 2.47. The summed E-state index contributed by atoms with van der Waals surface area (Å²) in [6, 6.07) is 0. The Bertz CT molecular complexity index is 586. The van der Waals surface area contributed by atoms with Crippen molar-refractivity contribution >= 4 is 19.6 Å². The standard InChI is InChI=1S/C19H38NO6P/c1-16(2,3)10-9-11-18(7,14(21)20-27(24,25)26)13-19(8,15(22)23)12-17(4,5)6/h9-13H2,1-8H3,(H,22,23)(H3,20,21,24,25,26). The molecular formula is C19H38NO6P. The first kappa shape index (κ1) is 26.1. The normalized spacial score (nSPS) is 17.7. The lowest BCUT2D eigenvalue weighted by molar-refractivity contribution is -0.153. The van der Waals surface area contributed by atoms with Crippen molar-refractivity contribution in [3.05, 3.63) is 0 Å². The van der Waals surface area contributed by atoms with Crippen LogP contribution in [0.25, 0.3) is 0 Å². The number of carbonyl (C=O) groups is 2. The maximum Gasteiger partial charge on any atom is 0.429 e. The number of hydrogen-bond acceptors (Lipinski definition) is 3. The van der Waals surface area contributed by atoms with Crippen LogP contribution >= 0.6 is 7.75 Å². The molecule has 7 nitrogen and oxygen atoms in total. The van der Waals surface area contributed by atoms with Gasteiger partial charge in [0.2, 0.25) is 5.91 Å². The Hall–Kier alpha value is -0.910. The average Bonchev–Trinajstić information content (AvgIpc) is 2.31. The van der Waals surface area contributed by atoms with Crippen LogP contribution in [0, 0.1) is 21.7 Å². The lowest BCUT2D eigenvalue weighted by Gasteiger charge is -2.39. The summed E-state index contributed by atoms with van der Waals surface area (Å²) in [7, 11) is -4.76.